The molecule has 8 rings (SSSR count). The summed E-state index contributed by atoms with van der Waals surface area (Å²) in [7, 11) is 0. The zero-order valence-corrected chi connectivity index (χ0v) is 39.0. The molecule has 8 aromatic rings. The van der Waals surface area contributed by atoms with Gasteiger partial charge in [0, 0.05) is 30.9 Å². The van der Waals surface area contributed by atoms with Crippen LogP contribution in [-0.4, -0.2) is 14.8 Å². The number of aryl methyl sites for hydroxylation is 3. The molecule has 3 nitrogen and oxygen atoms in total. The van der Waals surface area contributed by atoms with Crippen molar-refractivity contribution in [3.05, 3.63) is 209 Å². The van der Waals surface area contributed by atoms with Crippen LogP contribution in [-0.2, 0) is 30.9 Å². The van der Waals surface area contributed by atoms with Gasteiger partial charge in [-0.1, -0.05) is 155 Å². The maximum atomic E-state index is 4.95. The summed E-state index contributed by atoms with van der Waals surface area (Å²) in [4.78, 5) is 4.95. The van der Waals surface area contributed by atoms with Crippen molar-refractivity contribution in [2.75, 3.05) is 0 Å². The molecule has 4 heteroatoms. The normalized spacial score (nSPS) is 11.7. The molecule has 0 unspecified atom stereocenters. The summed E-state index contributed by atoms with van der Waals surface area (Å²) in [5.74, 6) is 1.52. The fourth-order valence-electron chi connectivity index (χ4n) is 9.73. The quantitative estimate of drug-likeness (QED) is 0.108. The third-order valence-corrected chi connectivity index (χ3v) is 13.3. The Morgan fingerprint density at radius 2 is 0.885 bits per heavy atom. The van der Waals surface area contributed by atoms with Gasteiger partial charge in [-0.2, -0.15) is 5.10 Å². The monoisotopic (exact) mass is 975 g/mol. The molecule has 1 radical (unpaired) electrons. The Labute approximate surface area is 377 Å². The van der Waals surface area contributed by atoms with Crippen molar-refractivity contribution in [3.63, 3.8) is 0 Å². The Morgan fingerprint density at radius 3 is 1.33 bits per heavy atom. The van der Waals surface area contributed by atoms with Gasteiger partial charge in [0.1, 0.15) is 5.82 Å². The molecule has 0 atom stereocenters. The molecule has 0 aliphatic rings. The molecule has 0 saturated carbocycles. The van der Waals surface area contributed by atoms with E-state index < -0.39 is 0 Å². The van der Waals surface area contributed by atoms with E-state index in [1.165, 1.54) is 44.5 Å². The van der Waals surface area contributed by atoms with Gasteiger partial charge in [-0.25, -0.2) is 0 Å². The van der Waals surface area contributed by atoms with Crippen LogP contribution in [0.5, 0.6) is 0 Å². The van der Waals surface area contributed by atoms with Gasteiger partial charge in [0.2, 0.25) is 0 Å². The van der Waals surface area contributed by atoms with Gasteiger partial charge in [-0.05, 0) is 126 Å². The molecule has 7 aromatic carbocycles. The van der Waals surface area contributed by atoms with Gasteiger partial charge < -0.3 is 0 Å². The van der Waals surface area contributed by atoms with Crippen LogP contribution in [0.4, 0.5) is 0 Å². The molecule has 0 N–H and O–H groups in total. The Balaban J connectivity index is 0.00000561. The van der Waals surface area contributed by atoms with E-state index >= 15 is 0 Å². The summed E-state index contributed by atoms with van der Waals surface area (Å²) in [5, 5.41) is 4.89. The summed E-state index contributed by atoms with van der Waals surface area (Å²) in [5.41, 5.74) is 16.7. The third kappa shape index (κ3) is 8.24. The summed E-state index contributed by atoms with van der Waals surface area (Å²) in [6, 6.07) is 64.0. The van der Waals surface area contributed by atoms with Crippen molar-refractivity contribution in [2.24, 2.45) is 0 Å². The van der Waals surface area contributed by atoms with Crippen LogP contribution in [0.15, 0.2) is 164 Å². The van der Waals surface area contributed by atoms with Crippen LogP contribution in [0.1, 0.15) is 92.6 Å². The van der Waals surface area contributed by atoms with E-state index in [1.54, 1.807) is 0 Å². The maximum absolute atomic E-state index is 4.95. The smallest absolute Gasteiger partial charge is 0.137 e. The van der Waals surface area contributed by atoms with Crippen molar-refractivity contribution in [1.29, 1.82) is 0 Å². The predicted molar refractivity (Wildman–Crippen MR) is 252 cm³/mol. The van der Waals surface area contributed by atoms with E-state index in [1.807, 2.05) is 17.7 Å². The van der Waals surface area contributed by atoms with Crippen LogP contribution in [0.3, 0.4) is 0 Å². The Bertz CT molecular complexity index is 2570. The third-order valence-electron chi connectivity index (χ3n) is 13.3. The van der Waals surface area contributed by atoms with E-state index in [0.717, 1.165) is 70.8 Å². The minimum Gasteiger partial charge on any atom is -0.262 e. The van der Waals surface area contributed by atoms with Crippen LogP contribution >= 0.6 is 0 Å². The zero-order chi connectivity index (χ0) is 41.9. The van der Waals surface area contributed by atoms with Crippen molar-refractivity contribution < 1.29 is 20.1 Å². The second kappa shape index (κ2) is 18.5. The van der Waals surface area contributed by atoms with Gasteiger partial charge in [-0.3, -0.25) is 9.67 Å². The second-order valence-electron chi connectivity index (χ2n) is 16.4. The molecule has 0 bridgehead atoms. The fourth-order valence-corrected chi connectivity index (χ4v) is 9.73. The van der Waals surface area contributed by atoms with Crippen molar-refractivity contribution in [3.8, 4) is 50.5 Å². The molecular formula is C57H56IrN3-. The van der Waals surface area contributed by atoms with Gasteiger partial charge >= 0.3 is 0 Å². The van der Waals surface area contributed by atoms with Gasteiger partial charge in [-0.15, -0.1) is 35.4 Å². The first-order valence-corrected chi connectivity index (χ1v) is 21.7. The largest absolute Gasteiger partial charge is 0.262 e. The van der Waals surface area contributed by atoms with E-state index in [-0.39, 0.29) is 30.9 Å². The zero-order valence-electron chi connectivity index (χ0n) is 36.6. The second-order valence-corrected chi connectivity index (χ2v) is 16.4. The number of benzene rings is 7. The Hall–Kier alpha value is -5.67. The van der Waals surface area contributed by atoms with Crippen molar-refractivity contribution in [1.82, 2.24) is 14.8 Å². The minimum absolute atomic E-state index is 0. The molecule has 0 spiro atoms. The summed E-state index contributed by atoms with van der Waals surface area (Å²) in [6.45, 7) is 15.5. The first kappa shape index (κ1) is 43.4. The first-order valence-electron chi connectivity index (χ1n) is 21.7. The number of para-hydroxylation sites is 1. The summed E-state index contributed by atoms with van der Waals surface area (Å²) >= 11 is 0. The molecule has 309 valence electrons. The predicted octanol–water partition coefficient (Wildman–Crippen LogP) is 14.9. The molecule has 0 aliphatic heterocycles. The van der Waals surface area contributed by atoms with Gasteiger partial charge in [0.15, 0.2) is 0 Å². The Kier molecular flexibility index (Phi) is 13.2. The molecule has 1 heterocycles. The van der Waals surface area contributed by atoms with Crippen LogP contribution in [0.2, 0.25) is 0 Å². The van der Waals surface area contributed by atoms with Crippen molar-refractivity contribution >= 4 is 0 Å². The van der Waals surface area contributed by atoms with E-state index in [2.05, 4.69) is 205 Å². The van der Waals surface area contributed by atoms with Gasteiger partial charge in [0.25, 0.3) is 0 Å². The molecule has 1 aromatic heterocycles. The van der Waals surface area contributed by atoms with Crippen LogP contribution < -0.4 is 0 Å². The van der Waals surface area contributed by atoms with Crippen molar-refractivity contribution in [2.45, 2.75) is 85.0 Å². The average Bonchev–Trinajstić information content (AvgIpc) is 3.69. The number of aromatic nitrogens is 3. The van der Waals surface area contributed by atoms with Crippen LogP contribution in [0.25, 0.3) is 50.5 Å². The van der Waals surface area contributed by atoms with Gasteiger partial charge in [0.05, 0.1) is 11.5 Å². The average molecular weight is 975 g/mol. The number of hydrogen-bond donors (Lipinski definition) is 0. The number of hydrogen-bond acceptors (Lipinski definition) is 2. The molecule has 0 amide bonds. The standard InChI is InChI=1S/C57H56N3.Ir/c1-8-56(9-2,50-24-14-12-15-25-50)52-32-28-43(29-33-52)47-37-48(44-30-34-53(35-31-44)57(10-3,11-4)51-26-16-13-17-27-51)39-49(38-47)45-22-19-23-46(36-45)55-58-42(7)59-60(55)54-40(5)20-18-21-41(54)6;/h12-22,24-39H,8-11H2,1-7H3;/q-1;. The molecule has 0 saturated heterocycles. The maximum Gasteiger partial charge on any atom is 0.137 e. The fraction of sp³-hybridized carbons (Fsp3) is 0.228. The van der Waals surface area contributed by atoms with E-state index in [9.17, 15) is 0 Å². The molecule has 61 heavy (non-hydrogen) atoms. The topological polar surface area (TPSA) is 30.7 Å². The Morgan fingerprint density at radius 1 is 0.459 bits per heavy atom. The minimum atomic E-state index is -0.0345. The summed E-state index contributed by atoms with van der Waals surface area (Å²) < 4.78 is 1.99. The number of rotatable bonds is 13. The van der Waals surface area contributed by atoms with E-state index in [0.29, 0.717) is 0 Å². The summed E-state index contributed by atoms with van der Waals surface area (Å²) in [6.07, 6.45) is 4.14. The molecular weight excluding hydrogens is 919 g/mol. The SMILES string of the molecule is CCC(CC)(c1ccccc1)c1ccc(-c2cc(-c3ccc(C(CC)(CC)c4ccccc4)cc3)cc(-c3cc[c-]c(-c4nc(C)nn4-c4c(C)cccc4C)c3)c2)cc1.[Ir]. The first-order chi connectivity index (χ1) is 29.2. The van der Waals surface area contributed by atoms with Crippen LogP contribution in [0, 0.1) is 26.8 Å². The molecule has 0 aliphatic carbocycles. The number of nitrogens with zero attached hydrogens (tertiary/aromatic N) is 3. The molecule has 0 fully saturated rings. The van der Waals surface area contributed by atoms with E-state index in [4.69, 9.17) is 10.1 Å².